The standard InChI is InChI=1S/C12H8F3NO2/c13-12(14,15)10-6-8(2-1-3-11(17)18)4-5-9(10)7-16/h1-2,4-6H,3H2,(H,17,18). The van der Waals surface area contributed by atoms with Crippen molar-refractivity contribution in [3.63, 3.8) is 0 Å². The van der Waals surface area contributed by atoms with Crippen LogP contribution in [0.5, 0.6) is 0 Å². The second-order valence-corrected chi connectivity index (χ2v) is 3.41. The van der Waals surface area contributed by atoms with Crippen molar-refractivity contribution >= 4 is 12.0 Å². The molecular formula is C12H8F3NO2. The predicted molar refractivity (Wildman–Crippen MR) is 57.4 cm³/mol. The zero-order chi connectivity index (χ0) is 13.8. The van der Waals surface area contributed by atoms with Gasteiger partial charge in [0.2, 0.25) is 0 Å². The molecule has 0 saturated heterocycles. The second-order valence-electron chi connectivity index (χ2n) is 3.41. The lowest BCUT2D eigenvalue weighted by Gasteiger charge is -2.09. The van der Waals surface area contributed by atoms with Crippen molar-refractivity contribution in [1.29, 1.82) is 5.26 Å². The highest BCUT2D eigenvalue weighted by molar-refractivity contribution is 5.70. The minimum Gasteiger partial charge on any atom is -0.481 e. The molecule has 0 atom stereocenters. The molecule has 0 aliphatic carbocycles. The van der Waals surface area contributed by atoms with E-state index < -0.39 is 23.3 Å². The normalized spacial score (nSPS) is 11.4. The fourth-order valence-corrected chi connectivity index (χ4v) is 1.29. The minimum absolute atomic E-state index is 0.197. The largest absolute Gasteiger partial charge is 0.481 e. The van der Waals surface area contributed by atoms with Gasteiger partial charge in [-0.15, -0.1) is 0 Å². The third-order valence-electron chi connectivity index (χ3n) is 2.07. The van der Waals surface area contributed by atoms with Gasteiger partial charge in [0.15, 0.2) is 0 Å². The van der Waals surface area contributed by atoms with Crippen LogP contribution in [0.25, 0.3) is 6.08 Å². The van der Waals surface area contributed by atoms with Crippen molar-refractivity contribution < 1.29 is 23.1 Å². The number of nitriles is 1. The molecule has 0 aliphatic rings. The van der Waals surface area contributed by atoms with E-state index in [0.717, 1.165) is 12.1 Å². The molecule has 3 nitrogen and oxygen atoms in total. The van der Waals surface area contributed by atoms with Crippen LogP contribution in [-0.2, 0) is 11.0 Å². The van der Waals surface area contributed by atoms with Gasteiger partial charge in [0.05, 0.1) is 23.6 Å². The minimum atomic E-state index is -4.61. The first-order valence-electron chi connectivity index (χ1n) is 4.84. The smallest absolute Gasteiger partial charge is 0.417 e. The van der Waals surface area contributed by atoms with Crippen LogP contribution < -0.4 is 0 Å². The average molecular weight is 255 g/mol. The van der Waals surface area contributed by atoms with Crippen molar-refractivity contribution in [2.24, 2.45) is 0 Å². The summed E-state index contributed by atoms with van der Waals surface area (Å²) in [6.07, 6.45) is -2.38. The Morgan fingerprint density at radius 1 is 1.44 bits per heavy atom. The first-order chi connectivity index (χ1) is 8.34. The first-order valence-corrected chi connectivity index (χ1v) is 4.84. The Labute approximate surface area is 101 Å². The summed E-state index contributed by atoms with van der Waals surface area (Å²) in [5, 5.41) is 17.0. The Balaban J connectivity index is 3.08. The third-order valence-corrected chi connectivity index (χ3v) is 2.07. The maximum atomic E-state index is 12.6. The molecule has 0 bridgehead atoms. The van der Waals surface area contributed by atoms with Crippen molar-refractivity contribution in [3.8, 4) is 6.07 Å². The van der Waals surface area contributed by atoms with Crippen LogP contribution >= 0.6 is 0 Å². The molecule has 6 heteroatoms. The van der Waals surface area contributed by atoms with Crippen LogP contribution in [0.2, 0.25) is 0 Å². The molecule has 0 aliphatic heterocycles. The van der Waals surface area contributed by atoms with Crippen LogP contribution in [0.3, 0.4) is 0 Å². The molecule has 18 heavy (non-hydrogen) atoms. The van der Waals surface area contributed by atoms with Crippen LogP contribution in [0, 0.1) is 11.3 Å². The number of hydrogen-bond donors (Lipinski definition) is 1. The number of halogens is 3. The van der Waals surface area contributed by atoms with Gasteiger partial charge >= 0.3 is 12.1 Å². The number of nitrogens with zero attached hydrogens (tertiary/aromatic N) is 1. The van der Waals surface area contributed by atoms with Gasteiger partial charge in [-0.2, -0.15) is 18.4 Å². The third kappa shape index (κ3) is 3.63. The quantitative estimate of drug-likeness (QED) is 0.902. The van der Waals surface area contributed by atoms with Gasteiger partial charge in [-0.05, 0) is 17.7 Å². The Hall–Kier alpha value is -2.29. The number of benzene rings is 1. The predicted octanol–water partition coefficient (Wildman–Crippen LogP) is 3.06. The maximum absolute atomic E-state index is 12.6. The number of carbonyl (C=O) groups is 1. The van der Waals surface area contributed by atoms with Gasteiger partial charge in [-0.1, -0.05) is 18.2 Å². The van der Waals surface area contributed by atoms with Gasteiger partial charge in [-0.3, -0.25) is 4.79 Å². The lowest BCUT2D eigenvalue weighted by Crippen LogP contribution is -2.07. The zero-order valence-corrected chi connectivity index (χ0v) is 9.03. The summed E-state index contributed by atoms with van der Waals surface area (Å²) in [7, 11) is 0. The van der Waals surface area contributed by atoms with Gasteiger partial charge in [-0.25, -0.2) is 0 Å². The zero-order valence-electron chi connectivity index (χ0n) is 9.03. The molecule has 0 spiro atoms. The average Bonchev–Trinajstić information content (AvgIpc) is 2.27. The molecular weight excluding hydrogens is 247 g/mol. The van der Waals surface area contributed by atoms with Crippen molar-refractivity contribution in [3.05, 3.63) is 41.0 Å². The van der Waals surface area contributed by atoms with E-state index >= 15 is 0 Å². The SMILES string of the molecule is N#Cc1ccc(C=CCC(=O)O)cc1C(F)(F)F. The van der Waals surface area contributed by atoms with Crippen molar-refractivity contribution in [2.45, 2.75) is 12.6 Å². The van der Waals surface area contributed by atoms with Gasteiger partial charge in [0.25, 0.3) is 0 Å². The van der Waals surface area contributed by atoms with E-state index in [9.17, 15) is 18.0 Å². The van der Waals surface area contributed by atoms with Crippen molar-refractivity contribution in [1.82, 2.24) is 0 Å². The second kappa shape index (κ2) is 5.36. The Bertz CT molecular complexity index is 527. The summed E-state index contributed by atoms with van der Waals surface area (Å²) in [5.74, 6) is -1.07. The number of hydrogen-bond acceptors (Lipinski definition) is 2. The highest BCUT2D eigenvalue weighted by Crippen LogP contribution is 2.32. The van der Waals surface area contributed by atoms with E-state index in [1.165, 1.54) is 24.3 Å². The molecule has 0 saturated carbocycles. The summed E-state index contributed by atoms with van der Waals surface area (Å²) >= 11 is 0. The molecule has 1 aromatic rings. The van der Waals surface area contributed by atoms with Gasteiger partial charge in [0, 0.05) is 0 Å². The Morgan fingerprint density at radius 2 is 2.11 bits per heavy atom. The monoisotopic (exact) mass is 255 g/mol. The summed E-state index contributed by atoms with van der Waals surface area (Å²) in [6.45, 7) is 0. The van der Waals surface area contributed by atoms with E-state index in [4.69, 9.17) is 10.4 Å². The first kappa shape index (κ1) is 13.8. The molecule has 0 amide bonds. The molecule has 1 rings (SSSR count). The molecule has 0 heterocycles. The Kier molecular flexibility index (Phi) is 4.10. The van der Waals surface area contributed by atoms with Gasteiger partial charge < -0.3 is 5.11 Å². The number of carboxylic acids is 1. The van der Waals surface area contributed by atoms with Crippen LogP contribution in [0.4, 0.5) is 13.2 Å². The Morgan fingerprint density at radius 3 is 2.61 bits per heavy atom. The molecule has 0 aromatic heterocycles. The topological polar surface area (TPSA) is 61.1 Å². The summed E-state index contributed by atoms with van der Waals surface area (Å²) < 4.78 is 37.8. The fraction of sp³-hybridized carbons (Fsp3) is 0.167. The van der Waals surface area contributed by atoms with Crippen molar-refractivity contribution in [2.75, 3.05) is 0 Å². The molecule has 1 N–H and O–H groups in total. The molecule has 94 valence electrons. The van der Waals surface area contributed by atoms with E-state index in [0.29, 0.717) is 0 Å². The van der Waals surface area contributed by atoms with E-state index in [1.54, 1.807) is 0 Å². The van der Waals surface area contributed by atoms with Gasteiger partial charge in [0.1, 0.15) is 0 Å². The number of alkyl halides is 3. The maximum Gasteiger partial charge on any atom is 0.417 e. The summed E-state index contributed by atoms with van der Waals surface area (Å²) in [6, 6.07) is 4.67. The van der Waals surface area contributed by atoms with Crippen LogP contribution in [0.1, 0.15) is 23.1 Å². The fourth-order valence-electron chi connectivity index (χ4n) is 1.29. The molecule has 0 radical (unpaired) electrons. The van der Waals surface area contributed by atoms with E-state index in [-0.39, 0.29) is 12.0 Å². The van der Waals surface area contributed by atoms with Crippen LogP contribution in [0.15, 0.2) is 24.3 Å². The molecule has 0 fully saturated rings. The lowest BCUT2D eigenvalue weighted by molar-refractivity contribution is -0.138. The highest BCUT2D eigenvalue weighted by atomic mass is 19.4. The van der Waals surface area contributed by atoms with Crippen LogP contribution in [-0.4, -0.2) is 11.1 Å². The number of aliphatic carboxylic acids is 1. The highest BCUT2D eigenvalue weighted by Gasteiger charge is 2.33. The summed E-state index contributed by atoms with van der Waals surface area (Å²) in [4.78, 5) is 10.2. The molecule has 0 unspecified atom stereocenters. The molecule has 1 aromatic carbocycles. The number of carboxylic acid groups (broad SMARTS) is 1. The van der Waals surface area contributed by atoms with E-state index in [2.05, 4.69) is 0 Å². The number of rotatable bonds is 3. The lowest BCUT2D eigenvalue weighted by atomic mass is 10.0. The summed E-state index contributed by atoms with van der Waals surface area (Å²) in [5.41, 5.74) is -1.29. The van der Waals surface area contributed by atoms with E-state index in [1.807, 2.05) is 0 Å².